The maximum atomic E-state index is 12.4. The molecule has 2 N–H and O–H groups in total. The van der Waals surface area contributed by atoms with Gasteiger partial charge in [0.2, 0.25) is 5.91 Å². The van der Waals surface area contributed by atoms with E-state index in [9.17, 15) is 4.79 Å². The second-order valence-corrected chi connectivity index (χ2v) is 5.65. The number of hydrogen-bond donors (Lipinski definition) is 2. The monoisotopic (exact) mass is 312 g/mol. The van der Waals surface area contributed by atoms with E-state index in [4.69, 9.17) is 4.74 Å². The van der Waals surface area contributed by atoms with Crippen molar-refractivity contribution < 1.29 is 9.53 Å². The van der Waals surface area contributed by atoms with Gasteiger partial charge < -0.3 is 15.4 Å². The van der Waals surface area contributed by atoms with Crippen molar-refractivity contribution in [1.82, 2.24) is 5.32 Å². The first-order chi connectivity index (χ1) is 11.1. The number of methoxy groups -OCH3 is 1. The van der Waals surface area contributed by atoms with Gasteiger partial charge in [-0.05, 0) is 25.5 Å². The molecule has 0 spiro atoms. The smallest absolute Gasteiger partial charge is 0.241 e. The fourth-order valence-electron chi connectivity index (χ4n) is 2.50. The van der Waals surface area contributed by atoms with Gasteiger partial charge in [-0.15, -0.1) is 0 Å². The molecular formula is C19H24N2O2. The zero-order chi connectivity index (χ0) is 16.7. The third-order valence-corrected chi connectivity index (χ3v) is 3.61. The van der Waals surface area contributed by atoms with Gasteiger partial charge in [-0.25, -0.2) is 0 Å². The summed E-state index contributed by atoms with van der Waals surface area (Å²) in [5.74, 6) is -0.0589. The summed E-state index contributed by atoms with van der Waals surface area (Å²) in [4.78, 5) is 12.4. The molecular weight excluding hydrogens is 288 g/mol. The number of para-hydroxylation sites is 1. The van der Waals surface area contributed by atoms with Crippen LogP contribution in [0.15, 0.2) is 54.6 Å². The summed E-state index contributed by atoms with van der Waals surface area (Å²) >= 11 is 0. The minimum atomic E-state index is -0.302. The first-order valence-corrected chi connectivity index (χ1v) is 7.82. The van der Waals surface area contributed by atoms with Crippen LogP contribution in [0.25, 0.3) is 11.1 Å². The molecule has 2 atom stereocenters. The van der Waals surface area contributed by atoms with Crippen molar-refractivity contribution in [3.63, 3.8) is 0 Å². The van der Waals surface area contributed by atoms with Gasteiger partial charge in [0.15, 0.2) is 0 Å². The SMILES string of the molecule is COC[C@H](C)N[C@H](C)C(=O)Nc1ccccc1-c1ccccc1. The van der Waals surface area contributed by atoms with Crippen LogP contribution in [0.3, 0.4) is 0 Å². The Bertz CT molecular complexity index is 628. The van der Waals surface area contributed by atoms with Crippen LogP contribution in [0.2, 0.25) is 0 Å². The van der Waals surface area contributed by atoms with E-state index in [1.807, 2.05) is 68.4 Å². The first kappa shape index (κ1) is 17.2. The lowest BCUT2D eigenvalue weighted by molar-refractivity contribution is -0.118. The van der Waals surface area contributed by atoms with E-state index in [1.54, 1.807) is 7.11 Å². The van der Waals surface area contributed by atoms with Gasteiger partial charge >= 0.3 is 0 Å². The van der Waals surface area contributed by atoms with Gasteiger partial charge in [0.1, 0.15) is 0 Å². The maximum Gasteiger partial charge on any atom is 0.241 e. The minimum Gasteiger partial charge on any atom is -0.383 e. The zero-order valence-corrected chi connectivity index (χ0v) is 13.9. The summed E-state index contributed by atoms with van der Waals surface area (Å²) < 4.78 is 5.09. The lowest BCUT2D eigenvalue weighted by Crippen LogP contribution is -2.44. The van der Waals surface area contributed by atoms with E-state index in [0.29, 0.717) is 6.61 Å². The Kier molecular flexibility index (Phi) is 6.32. The molecule has 4 heteroatoms. The molecule has 0 aromatic heterocycles. The van der Waals surface area contributed by atoms with Crippen LogP contribution in [0.5, 0.6) is 0 Å². The summed E-state index contributed by atoms with van der Waals surface area (Å²) in [5, 5.41) is 6.24. The first-order valence-electron chi connectivity index (χ1n) is 7.82. The van der Waals surface area contributed by atoms with Crippen LogP contribution >= 0.6 is 0 Å². The van der Waals surface area contributed by atoms with Crippen LogP contribution in [0.1, 0.15) is 13.8 Å². The summed E-state index contributed by atoms with van der Waals surface area (Å²) in [5.41, 5.74) is 2.91. The highest BCUT2D eigenvalue weighted by Crippen LogP contribution is 2.27. The van der Waals surface area contributed by atoms with Crippen molar-refractivity contribution >= 4 is 11.6 Å². The Labute approximate surface area is 137 Å². The zero-order valence-electron chi connectivity index (χ0n) is 13.9. The number of carbonyl (C=O) groups is 1. The molecule has 4 nitrogen and oxygen atoms in total. The van der Waals surface area contributed by atoms with E-state index in [-0.39, 0.29) is 18.0 Å². The van der Waals surface area contributed by atoms with Gasteiger partial charge in [0.25, 0.3) is 0 Å². The number of nitrogens with one attached hydrogen (secondary N) is 2. The van der Waals surface area contributed by atoms with Crippen molar-refractivity contribution in [2.24, 2.45) is 0 Å². The van der Waals surface area contributed by atoms with Gasteiger partial charge in [0.05, 0.1) is 12.6 Å². The number of benzene rings is 2. The second kappa shape index (κ2) is 8.46. The van der Waals surface area contributed by atoms with Crippen molar-refractivity contribution in [2.75, 3.05) is 19.0 Å². The number of anilines is 1. The fraction of sp³-hybridized carbons (Fsp3) is 0.316. The predicted molar refractivity (Wildman–Crippen MR) is 94.4 cm³/mol. The number of rotatable bonds is 7. The Balaban J connectivity index is 2.10. The Morgan fingerprint density at radius 1 is 1.04 bits per heavy atom. The number of hydrogen-bond acceptors (Lipinski definition) is 3. The van der Waals surface area contributed by atoms with Crippen LogP contribution in [-0.4, -0.2) is 31.7 Å². The fourth-order valence-corrected chi connectivity index (χ4v) is 2.50. The van der Waals surface area contributed by atoms with E-state index >= 15 is 0 Å². The lowest BCUT2D eigenvalue weighted by atomic mass is 10.0. The molecule has 0 unspecified atom stereocenters. The molecule has 0 heterocycles. The molecule has 0 radical (unpaired) electrons. The van der Waals surface area contributed by atoms with Crippen LogP contribution in [-0.2, 0) is 9.53 Å². The van der Waals surface area contributed by atoms with Crippen LogP contribution in [0, 0.1) is 0 Å². The summed E-state index contributed by atoms with van der Waals surface area (Å²) in [6.45, 7) is 4.41. The van der Waals surface area contributed by atoms with Crippen molar-refractivity contribution in [2.45, 2.75) is 25.9 Å². The van der Waals surface area contributed by atoms with E-state index < -0.39 is 0 Å². The molecule has 0 saturated carbocycles. The maximum absolute atomic E-state index is 12.4. The topological polar surface area (TPSA) is 50.4 Å². The largest absolute Gasteiger partial charge is 0.383 e. The number of amides is 1. The summed E-state index contributed by atoms with van der Waals surface area (Å²) in [7, 11) is 1.65. The second-order valence-electron chi connectivity index (χ2n) is 5.65. The normalized spacial score (nSPS) is 13.3. The van der Waals surface area contributed by atoms with E-state index in [1.165, 1.54) is 0 Å². The minimum absolute atomic E-state index is 0.0589. The number of carbonyl (C=O) groups excluding carboxylic acids is 1. The molecule has 122 valence electrons. The molecule has 0 aliphatic carbocycles. The Hall–Kier alpha value is -2.17. The molecule has 0 saturated heterocycles. The quantitative estimate of drug-likeness (QED) is 0.825. The van der Waals surface area contributed by atoms with Crippen LogP contribution in [0.4, 0.5) is 5.69 Å². The van der Waals surface area contributed by atoms with Crippen molar-refractivity contribution in [3.8, 4) is 11.1 Å². The van der Waals surface area contributed by atoms with Gasteiger partial charge in [0, 0.05) is 24.4 Å². The van der Waals surface area contributed by atoms with Gasteiger partial charge in [-0.2, -0.15) is 0 Å². The third-order valence-electron chi connectivity index (χ3n) is 3.61. The van der Waals surface area contributed by atoms with Gasteiger partial charge in [-0.1, -0.05) is 48.5 Å². The summed E-state index contributed by atoms with van der Waals surface area (Å²) in [6.07, 6.45) is 0. The predicted octanol–water partition coefficient (Wildman–Crippen LogP) is 3.31. The molecule has 1 amide bonds. The molecule has 0 aliphatic heterocycles. The Morgan fingerprint density at radius 2 is 1.70 bits per heavy atom. The van der Waals surface area contributed by atoms with E-state index in [0.717, 1.165) is 16.8 Å². The average Bonchev–Trinajstić information content (AvgIpc) is 2.56. The molecule has 2 aromatic carbocycles. The molecule has 23 heavy (non-hydrogen) atoms. The van der Waals surface area contributed by atoms with Crippen molar-refractivity contribution in [1.29, 1.82) is 0 Å². The molecule has 0 aliphatic rings. The molecule has 0 fully saturated rings. The molecule has 0 bridgehead atoms. The highest BCUT2D eigenvalue weighted by molar-refractivity contribution is 5.98. The molecule has 2 rings (SSSR count). The summed E-state index contributed by atoms with van der Waals surface area (Å²) in [6, 6.07) is 17.7. The third kappa shape index (κ3) is 4.91. The Morgan fingerprint density at radius 3 is 2.39 bits per heavy atom. The van der Waals surface area contributed by atoms with E-state index in [2.05, 4.69) is 10.6 Å². The van der Waals surface area contributed by atoms with Crippen LogP contribution < -0.4 is 10.6 Å². The van der Waals surface area contributed by atoms with Crippen molar-refractivity contribution in [3.05, 3.63) is 54.6 Å². The lowest BCUT2D eigenvalue weighted by Gasteiger charge is -2.20. The number of ether oxygens (including phenoxy) is 1. The average molecular weight is 312 g/mol. The highest BCUT2D eigenvalue weighted by Gasteiger charge is 2.16. The molecule has 2 aromatic rings. The van der Waals surface area contributed by atoms with Gasteiger partial charge in [-0.3, -0.25) is 4.79 Å². The highest BCUT2D eigenvalue weighted by atomic mass is 16.5. The standard InChI is InChI=1S/C19H24N2O2/c1-14(13-23-3)20-15(2)19(22)21-18-12-8-7-11-17(18)16-9-5-4-6-10-16/h4-12,14-15,20H,13H2,1-3H3,(H,21,22)/t14-,15+/m0/s1.